The van der Waals surface area contributed by atoms with E-state index in [9.17, 15) is 4.79 Å². The molecule has 2 heterocycles. The van der Waals surface area contributed by atoms with Gasteiger partial charge in [-0.15, -0.1) is 0 Å². The number of likely N-dealkylation sites (N-methyl/N-ethyl adjacent to an activating group) is 2. The second-order valence-corrected chi connectivity index (χ2v) is 5.26. The minimum absolute atomic E-state index is 0.0240. The van der Waals surface area contributed by atoms with Crippen LogP contribution in [-0.4, -0.2) is 33.1 Å². The molecule has 5 heteroatoms. The van der Waals surface area contributed by atoms with E-state index in [0.717, 1.165) is 17.1 Å². The SMILES string of the molecule is CCN1C=CC=CC1=C1SC(=S)N(CC)C1=O. The molecule has 0 bridgehead atoms. The molecule has 90 valence electrons. The molecular weight excluding hydrogens is 252 g/mol. The molecule has 0 aromatic heterocycles. The summed E-state index contributed by atoms with van der Waals surface area (Å²) >= 11 is 6.60. The molecule has 2 aliphatic heterocycles. The van der Waals surface area contributed by atoms with Crippen molar-refractivity contribution in [3.8, 4) is 0 Å². The molecule has 0 atom stereocenters. The first kappa shape index (κ1) is 12.4. The van der Waals surface area contributed by atoms with Crippen molar-refractivity contribution in [1.29, 1.82) is 0 Å². The number of hydrogen-bond donors (Lipinski definition) is 0. The molecule has 0 saturated carbocycles. The van der Waals surface area contributed by atoms with Crippen molar-refractivity contribution in [2.24, 2.45) is 0 Å². The van der Waals surface area contributed by atoms with Gasteiger partial charge in [-0.1, -0.05) is 30.1 Å². The quantitative estimate of drug-likeness (QED) is 0.566. The lowest BCUT2D eigenvalue weighted by Crippen LogP contribution is -2.28. The van der Waals surface area contributed by atoms with Crippen molar-refractivity contribution in [2.45, 2.75) is 13.8 Å². The van der Waals surface area contributed by atoms with Gasteiger partial charge in [0.05, 0.1) is 5.70 Å². The number of hydrogen-bond acceptors (Lipinski definition) is 4. The van der Waals surface area contributed by atoms with Crippen LogP contribution in [0.4, 0.5) is 0 Å². The molecule has 0 aromatic rings. The van der Waals surface area contributed by atoms with Crippen molar-refractivity contribution in [2.75, 3.05) is 13.1 Å². The lowest BCUT2D eigenvalue weighted by atomic mass is 10.2. The first-order valence-corrected chi connectivity index (χ1v) is 6.81. The largest absolute Gasteiger partial charge is 0.347 e. The van der Waals surface area contributed by atoms with Crippen LogP contribution in [0.2, 0.25) is 0 Å². The van der Waals surface area contributed by atoms with Gasteiger partial charge in [0.2, 0.25) is 0 Å². The van der Waals surface area contributed by atoms with E-state index in [0.29, 0.717) is 10.9 Å². The molecule has 0 radical (unpaired) electrons. The van der Waals surface area contributed by atoms with Crippen LogP contribution in [0.15, 0.2) is 35.0 Å². The molecule has 17 heavy (non-hydrogen) atoms. The summed E-state index contributed by atoms with van der Waals surface area (Å²) in [5, 5.41) is 0. The van der Waals surface area contributed by atoms with E-state index in [4.69, 9.17) is 12.2 Å². The predicted molar refractivity (Wildman–Crippen MR) is 75.3 cm³/mol. The van der Waals surface area contributed by atoms with E-state index in [1.807, 2.05) is 31.4 Å². The zero-order chi connectivity index (χ0) is 12.4. The molecule has 0 N–H and O–H groups in total. The Bertz CT molecular complexity index is 451. The van der Waals surface area contributed by atoms with Gasteiger partial charge in [-0.2, -0.15) is 0 Å². The average molecular weight is 266 g/mol. The molecule has 1 fully saturated rings. The number of thioether (sulfide) groups is 1. The van der Waals surface area contributed by atoms with Crippen molar-refractivity contribution in [1.82, 2.24) is 9.80 Å². The fourth-order valence-electron chi connectivity index (χ4n) is 1.78. The van der Waals surface area contributed by atoms with Crippen LogP contribution in [0, 0.1) is 0 Å². The van der Waals surface area contributed by atoms with Crippen molar-refractivity contribution in [3.05, 3.63) is 35.0 Å². The summed E-state index contributed by atoms with van der Waals surface area (Å²) in [5.74, 6) is 0.0240. The number of amides is 1. The monoisotopic (exact) mass is 266 g/mol. The van der Waals surface area contributed by atoms with Crippen LogP contribution < -0.4 is 0 Å². The van der Waals surface area contributed by atoms with E-state index < -0.39 is 0 Å². The third-order valence-corrected chi connectivity index (χ3v) is 4.13. The van der Waals surface area contributed by atoms with Gasteiger partial charge in [0.15, 0.2) is 0 Å². The normalized spacial score (nSPS) is 24.1. The summed E-state index contributed by atoms with van der Waals surface area (Å²) < 4.78 is 0.652. The number of nitrogens with zero attached hydrogens (tertiary/aromatic N) is 2. The lowest BCUT2D eigenvalue weighted by molar-refractivity contribution is -0.122. The van der Waals surface area contributed by atoms with Gasteiger partial charge in [0.1, 0.15) is 9.23 Å². The van der Waals surface area contributed by atoms with Crippen molar-refractivity contribution in [3.63, 3.8) is 0 Å². The molecule has 0 aliphatic carbocycles. The lowest BCUT2D eigenvalue weighted by Gasteiger charge is -2.22. The maximum absolute atomic E-state index is 12.2. The molecule has 0 aromatic carbocycles. The van der Waals surface area contributed by atoms with E-state index in [-0.39, 0.29) is 5.91 Å². The minimum Gasteiger partial charge on any atom is -0.347 e. The first-order chi connectivity index (χ1) is 8.19. The van der Waals surface area contributed by atoms with Gasteiger partial charge in [-0.3, -0.25) is 9.69 Å². The Morgan fingerprint density at radius 1 is 1.29 bits per heavy atom. The molecular formula is C12H14N2OS2. The maximum atomic E-state index is 12.2. The molecule has 1 saturated heterocycles. The summed E-state index contributed by atoms with van der Waals surface area (Å²) in [6.07, 6.45) is 7.85. The Morgan fingerprint density at radius 3 is 2.65 bits per heavy atom. The third-order valence-electron chi connectivity index (χ3n) is 2.68. The number of carbonyl (C=O) groups excluding carboxylic acids is 1. The Labute approximate surface area is 111 Å². The summed E-state index contributed by atoms with van der Waals surface area (Å²) in [4.78, 5) is 16.6. The predicted octanol–water partition coefficient (Wildman–Crippen LogP) is 2.48. The van der Waals surface area contributed by atoms with Crippen LogP contribution in [0.5, 0.6) is 0 Å². The second kappa shape index (κ2) is 5.06. The molecule has 2 rings (SSSR count). The van der Waals surface area contributed by atoms with Gasteiger partial charge in [-0.05, 0) is 26.0 Å². The average Bonchev–Trinajstić information content (AvgIpc) is 2.64. The highest BCUT2D eigenvalue weighted by Gasteiger charge is 2.33. The Morgan fingerprint density at radius 2 is 2.06 bits per heavy atom. The maximum Gasteiger partial charge on any atom is 0.268 e. The molecule has 3 nitrogen and oxygen atoms in total. The fourth-order valence-corrected chi connectivity index (χ4v) is 3.23. The molecule has 0 spiro atoms. The number of rotatable bonds is 2. The van der Waals surface area contributed by atoms with Crippen LogP contribution in [-0.2, 0) is 4.79 Å². The Hall–Kier alpha value is -1.07. The topological polar surface area (TPSA) is 23.6 Å². The van der Waals surface area contributed by atoms with E-state index in [1.54, 1.807) is 4.90 Å². The smallest absolute Gasteiger partial charge is 0.268 e. The van der Waals surface area contributed by atoms with Crippen LogP contribution in [0.3, 0.4) is 0 Å². The molecule has 1 amide bonds. The first-order valence-electron chi connectivity index (χ1n) is 5.58. The zero-order valence-corrected chi connectivity index (χ0v) is 11.5. The highest BCUT2D eigenvalue weighted by Crippen LogP contribution is 2.35. The fraction of sp³-hybridized carbons (Fsp3) is 0.333. The summed E-state index contributed by atoms with van der Waals surface area (Å²) in [6, 6.07) is 0. The van der Waals surface area contributed by atoms with E-state index in [1.165, 1.54) is 11.8 Å². The van der Waals surface area contributed by atoms with Crippen molar-refractivity contribution < 1.29 is 4.79 Å². The zero-order valence-electron chi connectivity index (χ0n) is 9.84. The Balaban J connectivity index is 2.39. The van der Waals surface area contributed by atoms with Crippen LogP contribution in [0.25, 0.3) is 0 Å². The summed E-state index contributed by atoms with van der Waals surface area (Å²) in [5.41, 5.74) is 0.948. The number of carbonyl (C=O) groups is 1. The Kier molecular flexibility index (Phi) is 3.69. The van der Waals surface area contributed by atoms with Crippen molar-refractivity contribution >= 4 is 34.2 Å². The highest BCUT2D eigenvalue weighted by atomic mass is 32.2. The standard InChI is InChI=1S/C12H14N2OS2/c1-3-13-8-6-5-7-9(13)10-11(15)14(4-2)12(16)17-10/h5-8H,3-4H2,1-2H3. The van der Waals surface area contributed by atoms with E-state index >= 15 is 0 Å². The summed E-state index contributed by atoms with van der Waals surface area (Å²) in [7, 11) is 0. The second-order valence-electron chi connectivity index (χ2n) is 3.62. The van der Waals surface area contributed by atoms with Gasteiger partial charge >= 0.3 is 0 Å². The number of allylic oxidation sites excluding steroid dienone is 3. The van der Waals surface area contributed by atoms with Gasteiger partial charge in [-0.25, -0.2) is 0 Å². The van der Waals surface area contributed by atoms with Gasteiger partial charge in [0, 0.05) is 19.3 Å². The number of thiocarbonyl (C=S) groups is 1. The van der Waals surface area contributed by atoms with Gasteiger partial charge < -0.3 is 4.90 Å². The van der Waals surface area contributed by atoms with Crippen LogP contribution >= 0.6 is 24.0 Å². The van der Waals surface area contributed by atoms with Crippen LogP contribution in [0.1, 0.15) is 13.8 Å². The third kappa shape index (κ3) is 2.17. The highest BCUT2D eigenvalue weighted by molar-refractivity contribution is 8.26. The summed E-state index contributed by atoms with van der Waals surface area (Å²) in [6.45, 7) is 5.47. The minimum atomic E-state index is 0.0240. The molecule has 2 aliphatic rings. The van der Waals surface area contributed by atoms with Gasteiger partial charge in [0.25, 0.3) is 5.91 Å². The van der Waals surface area contributed by atoms with E-state index in [2.05, 4.69) is 11.8 Å². The molecule has 0 unspecified atom stereocenters.